The molecule has 0 saturated heterocycles. The van der Waals surface area contributed by atoms with Gasteiger partial charge in [0.05, 0.1) is 0 Å². The standard InChI is InChI=1S/C15H20I2N2/c1-18-12-13(14-6-2-3-7-15(14)18)8-11-19(17)10-5-4-9-16/h2-3,6-7,12H,4-5,8-11H2,1H3. The van der Waals surface area contributed by atoms with Gasteiger partial charge in [-0.05, 0) is 35.3 Å². The predicted octanol–water partition coefficient (Wildman–Crippen LogP) is 4.59. The first-order valence-electron chi connectivity index (χ1n) is 6.72. The molecule has 1 aromatic heterocycles. The SMILES string of the molecule is Cn1cc(CCN(I)CCCCI)c2ccccc21. The summed E-state index contributed by atoms with van der Waals surface area (Å²) in [6.07, 6.45) is 6.05. The largest absolute Gasteiger partial charge is 0.350 e. The Morgan fingerprint density at radius 1 is 1.16 bits per heavy atom. The van der Waals surface area contributed by atoms with Crippen molar-refractivity contribution in [3.05, 3.63) is 36.0 Å². The highest BCUT2D eigenvalue weighted by Crippen LogP contribution is 2.21. The fraction of sp³-hybridized carbons (Fsp3) is 0.467. The van der Waals surface area contributed by atoms with Gasteiger partial charge in [-0.15, -0.1) is 0 Å². The third-order valence-electron chi connectivity index (χ3n) is 3.39. The van der Waals surface area contributed by atoms with Crippen molar-refractivity contribution in [3.8, 4) is 0 Å². The minimum Gasteiger partial charge on any atom is -0.350 e. The maximum absolute atomic E-state index is 2.46. The lowest BCUT2D eigenvalue weighted by atomic mass is 10.1. The molecule has 0 aliphatic rings. The van der Waals surface area contributed by atoms with Gasteiger partial charge in [-0.2, -0.15) is 0 Å². The molecule has 0 saturated carbocycles. The number of hydrogen-bond acceptors (Lipinski definition) is 1. The summed E-state index contributed by atoms with van der Waals surface area (Å²) < 4.78 is 5.93. The molecule has 0 unspecified atom stereocenters. The van der Waals surface area contributed by atoms with Crippen molar-refractivity contribution < 1.29 is 0 Å². The van der Waals surface area contributed by atoms with Crippen molar-refractivity contribution in [3.63, 3.8) is 0 Å². The van der Waals surface area contributed by atoms with Gasteiger partial charge in [0.25, 0.3) is 0 Å². The van der Waals surface area contributed by atoms with Gasteiger partial charge >= 0.3 is 0 Å². The van der Waals surface area contributed by atoms with Crippen molar-refractivity contribution in [2.24, 2.45) is 7.05 Å². The lowest BCUT2D eigenvalue weighted by Crippen LogP contribution is -2.16. The van der Waals surface area contributed by atoms with Crippen LogP contribution in [-0.2, 0) is 13.5 Å². The monoisotopic (exact) mass is 482 g/mol. The summed E-state index contributed by atoms with van der Waals surface area (Å²) in [6, 6.07) is 8.67. The van der Waals surface area contributed by atoms with E-state index in [-0.39, 0.29) is 0 Å². The highest BCUT2D eigenvalue weighted by molar-refractivity contribution is 14.1. The Hall–Kier alpha value is 0.180. The molecular formula is C15H20I2N2. The van der Waals surface area contributed by atoms with E-state index in [1.807, 2.05) is 0 Å². The number of halogens is 2. The van der Waals surface area contributed by atoms with Gasteiger partial charge in [-0.1, -0.05) is 40.8 Å². The van der Waals surface area contributed by atoms with E-state index in [2.05, 4.69) is 90.6 Å². The number of nitrogens with zero attached hydrogens (tertiary/aromatic N) is 2. The molecule has 0 aliphatic heterocycles. The van der Waals surface area contributed by atoms with E-state index in [0.717, 1.165) is 13.0 Å². The molecule has 0 fully saturated rings. The zero-order valence-electron chi connectivity index (χ0n) is 11.3. The molecule has 0 bridgehead atoms. The maximum Gasteiger partial charge on any atom is 0.0480 e. The number of aromatic nitrogens is 1. The number of rotatable bonds is 7. The maximum atomic E-state index is 2.46. The van der Waals surface area contributed by atoms with Crippen LogP contribution in [0.25, 0.3) is 10.9 Å². The zero-order chi connectivity index (χ0) is 13.7. The van der Waals surface area contributed by atoms with Crippen LogP contribution < -0.4 is 0 Å². The number of benzene rings is 1. The molecule has 19 heavy (non-hydrogen) atoms. The summed E-state index contributed by atoms with van der Waals surface area (Å²) in [4.78, 5) is 0. The van der Waals surface area contributed by atoms with Crippen molar-refractivity contribution in [2.45, 2.75) is 19.3 Å². The molecule has 2 rings (SSSR count). The molecule has 0 radical (unpaired) electrons. The molecule has 0 N–H and O–H groups in total. The lowest BCUT2D eigenvalue weighted by Gasteiger charge is -2.13. The fourth-order valence-electron chi connectivity index (χ4n) is 2.36. The zero-order valence-corrected chi connectivity index (χ0v) is 15.6. The minimum atomic E-state index is 1.13. The minimum absolute atomic E-state index is 1.13. The second-order valence-electron chi connectivity index (χ2n) is 4.84. The molecule has 1 heterocycles. The Bertz CT molecular complexity index is 522. The predicted molar refractivity (Wildman–Crippen MR) is 100 cm³/mol. The molecule has 2 aromatic rings. The molecule has 0 aliphatic carbocycles. The van der Waals surface area contributed by atoms with Crippen LogP contribution in [0.5, 0.6) is 0 Å². The second kappa shape index (κ2) is 7.83. The molecule has 0 amide bonds. The topological polar surface area (TPSA) is 8.17 Å². The summed E-state index contributed by atoms with van der Waals surface area (Å²) in [5.41, 5.74) is 2.80. The molecule has 1 aromatic carbocycles. The van der Waals surface area contributed by atoms with Crippen LogP contribution in [0.1, 0.15) is 18.4 Å². The third-order valence-corrected chi connectivity index (χ3v) is 5.12. The molecule has 2 nitrogen and oxygen atoms in total. The van der Waals surface area contributed by atoms with Gasteiger partial charge in [0.2, 0.25) is 0 Å². The quantitative estimate of drug-likeness (QED) is 0.243. The normalized spacial score (nSPS) is 11.6. The van der Waals surface area contributed by atoms with Crippen LogP contribution in [-0.4, -0.2) is 25.2 Å². The van der Waals surface area contributed by atoms with E-state index in [4.69, 9.17) is 0 Å². The number of para-hydroxylation sites is 1. The van der Waals surface area contributed by atoms with Gasteiger partial charge < -0.3 is 4.57 Å². The van der Waals surface area contributed by atoms with Crippen molar-refractivity contribution in [2.75, 3.05) is 17.5 Å². The summed E-state index contributed by atoms with van der Waals surface area (Å²) >= 11 is 4.92. The van der Waals surface area contributed by atoms with Crippen LogP contribution in [0.3, 0.4) is 0 Å². The van der Waals surface area contributed by atoms with Crippen molar-refractivity contribution >= 4 is 56.4 Å². The van der Waals surface area contributed by atoms with Gasteiger partial charge in [0.1, 0.15) is 0 Å². The Morgan fingerprint density at radius 2 is 1.95 bits per heavy atom. The molecule has 104 valence electrons. The number of aryl methyl sites for hydroxylation is 1. The Kier molecular flexibility index (Phi) is 6.41. The lowest BCUT2D eigenvalue weighted by molar-refractivity contribution is 0.497. The van der Waals surface area contributed by atoms with Crippen LogP contribution in [0.15, 0.2) is 30.5 Å². The van der Waals surface area contributed by atoms with Gasteiger partial charge in [-0.25, -0.2) is 3.11 Å². The number of fused-ring (bicyclic) bond motifs is 1. The first-order valence-corrected chi connectivity index (χ1v) is 9.21. The van der Waals surface area contributed by atoms with E-state index in [1.165, 1.54) is 40.3 Å². The van der Waals surface area contributed by atoms with Crippen LogP contribution >= 0.6 is 45.5 Å². The van der Waals surface area contributed by atoms with Crippen molar-refractivity contribution in [1.29, 1.82) is 0 Å². The summed E-state index contributed by atoms with van der Waals surface area (Å²) in [5, 5.41) is 1.40. The average molecular weight is 482 g/mol. The summed E-state index contributed by atoms with van der Waals surface area (Å²) in [6.45, 7) is 2.34. The van der Waals surface area contributed by atoms with Crippen molar-refractivity contribution in [1.82, 2.24) is 7.68 Å². The summed E-state index contributed by atoms with van der Waals surface area (Å²) in [7, 11) is 2.13. The molecule has 0 atom stereocenters. The van der Waals surface area contributed by atoms with Crippen LogP contribution in [0, 0.1) is 0 Å². The van der Waals surface area contributed by atoms with E-state index < -0.39 is 0 Å². The number of unbranched alkanes of at least 4 members (excludes halogenated alkanes) is 1. The van der Waals surface area contributed by atoms with E-state index >= 15 is 0 Å². The Labute approximate surface area is 143 Å². The smallest absolute Gasteiger partial charge is 0.0480 e. The van der Waals surface area contributed by atoms with E-state index in [0.29, 0.717) is 0 Å². The van der Waals surface area contributed by atoms with Gasteiger partial charge in [-0.3, -0.25) is 0 Å². The first kappa shape index (κ1) is 15.6. The molecular weight excluding hydrogens is 462 g/mol. The van der Waals surface area contributed by atoms with Gasteiger partial charge in [0, 0.05) is 60.1 Å². The number of hydrogen-bond donors (Lipinski definition) is 0. The molecule has 0 spiro atoms. The first-order chi connectivity index (χ1) is 9.22. The summed E-state index contributed by atoms with van der Waals surface area (Å²) in [5.74, 6) is 0. The van der Waals surface area contributed by atoms with Crippen LogP contribution in [0.4, 0.5) is 0 Å². The van der Waals surface area contributed by atoms with E-state index in [1.54, 1.807) is 0 Å². The van der Waals surface area contributed by atoms with E-state index in [9.17, 15) is 0 Å². The van der Waals surface area contributed by atoms with Gasteiger partial charge in [0.15, 0.2) is 0 Å². The number of alkyl halides is 1. The third kappa shape index (κ3) is 4.32. The fourth-order valence-corrected chi connectivity index (χ4v) is 3.48. The Morgan fingerprint density at radius 3 is 2.74 bits per heavy atom. The molecule has 4 heteroatoms. The Balaban J connectivity index is 1.94. The second-order valence-corrected chi connectivity index (χ2v) is 7.28. The highest BCUT2D eigenvalue weighted by atomic mass is 127. The van der Waals surface area contributed by atoms with Crippen LogP contribution in [0.2, 0.25) is 0 Å². The average Bonchev–Trinajstić information content (AvgIpc) is 2.74. The highest BCUT2D eigenvalue weighted by Gasteiger charge is 2.07.